The largest absolute Gasteiger partial charge is 0.414 e. The van der Waals surface area contributed by atoms with Gasteiger partial charge >= 0.3 is 6.18 Å². The van der Waals surface area contributed by atoms with Gasteiger partial charge in [0, 0.05) is 6.42 Å². The maximum atomic E-state index is 12.5. The van der Waals surface area contributed by atoms with Crippen molar-refractivity contribution in [2.24, 2.45) is 5.92 Å². The van der Waals surface area contributed by atoms with Crippen LogP contribution in [0.1, 0.15) is 38.5 Å². The molecule has 0 N–H and O–H groups in total. The van der Waals surface area contributed by atoms with E-state index >= 15 is 0 Å². The molecule has 0 bridgehead atoms. The second-order valence-electron chi connectivity index (χ2n) is 4.69. The first-order chi connectivity index (χ1) is 7.57. The second-order valence-corrected chi connectivity index (χ2v) is 4.69. The minimum absolute atomic E-state index is 0.0350. The fraction of sp³-hybridized carbons (Fsp3) is 0.833. The summed E-state index contributed by atoms with van der Waals surface area (Å²) in [4.78, 5) is 0. The monoisotopic (exact) mass is 234 g/mol. The second kappa shape index (κ2) is 4.78. The minimum Gasteiger partial charge on any atom is -0.361 e. The predicted octanol–water partition coefficient (Wildman–Crippen LogP) is 3.84. The Morgan fingerprint density at radius 2 is 1.75 bits per heavy atom. The number of hydrogen-bond donors (Lipinski definition) is 0. The van der Waals surface area contributed by atoms with Crippen molar-refractivity contribution >= 4 is 0 Å². The smallest absolute Gasteiger partial charge is 0.361 e. The van der Waals surface area contributed by atoms with Gasteiger partial charge in [0.15, 0.2) is 6.10 Å². The van der Waals surface area contributed by atoms with Crippen LogP contribution in [0.3, 0.4) is 0 Å². The molecule has 0 radical (unpaired) electrons. The summed E-state index contributed by atoms with van der Waals surface area (Å²) in [6.07, 6.45) is 2.72. The zero-order chi connectivity index (χ0) is 11.6. The van der Waals surface area contributed by atoms with E-state index in [0.717, 1.165) is 25.7 Å². The summed E-state index contributed by atoms with van der Waals surface area (Å²) in [7, 11) is 0. The van der Waals surface area contributed by atoms with E-state index in [9.17, 15) is 13.2 Å². The van der Waals surface area contributed by atoms with E-state index in [1.807, 2.05) is 6.08 Å². The SMILES string of the molecule is FC(F)(F)[C@H]1CC=C[C@@H](C2CCCCC2)O1. The molecule has 1 fully saturated rings. The van der Waals surface area contributed by atoms with Crippen molar-refractivity contribution in [1.29, 1.82) is 0 Å². The molecular weight excluding hydrogens is 217 g/mol. The summed E-state index contributed by atoms with van der Waals surface area (Å²) < 4.78 is 42.7. The number of hydrogen-bond acceptors (Lipinski definition) is 1. The fourth-order valence-electron chi connectivity index (χ4n) is 2.57. The van der Waals surface area contributed by atoms with E-state index in [1.165, 1.54) is 6.42 Å². The van der Waals surface area contributed by atoms with Gasteiger partial charge in [-0.25, -0.2) is 0 Å². The van der Waals surface area contributed by atoms with Crippen LogP contribution in [0, 0.1) is 5.92 Å². The summed E-state index contributed by atoms with van der Waals surface area (Å²) in [5.41, 5.74) is 0. The number of rotatable bonds is 1. The number of halogens is 3. The zero-order valence-corrected chi connectivity index (χ0v) is 9.17. The number of alkyl halides is 3. The van der Waals surface area contributed by atoms with Crippen molar-refractivity contribution in [3.05, 3.63) is 12.2 Å². The summed E-state index contributed by atoms with van der Waals surface area (Å²) in [6, 6.07) is 0. The highest BCUT2D eigenvalue weighted by molar-refractivity contribution is 5.00. The summed E-state index contributed by atoms with van der Waals surface area (Å²) >= 11 is 0. The highest BCUT2D eigenvalue weighted by Gasteiger charge is 2.43. The normalized spacial score (nSPS) is 32.9. The van der Waals surface area contributed by atoms with Crippen LogP contribution in [0.15, 0.2) is 12.2 Å². The van der Waals surface area contributed by atoms with Crippen molar-refractivity contribution in [1.82, 2.24) is 0 Å². The van der Waals surface area contributed by atoms with Gasteiger partial charge in [-0.2, -0.15) is 13.2 Å². The van der Waals surface area contributed by atoms with E-state index in [1.54, 1.807) is 6.08 Å². The summed E-state index contributed by atoms with van der Waals surface area (Å²) in [6.45, 7) is 0. The highest BCUT2D eigenvalue weighted by Crippen LogP contribution is 2.35. The lowest BCUT2D eigenvalue weighted by atomic mass is 9.84. The molecule has 0 spiro atoms. The Morgan fingerprint density at radius 3 is 2.38 bits per heavy atom. The van der Waals surface area contributed by atoms with Crippen LogP contribution in [-0.4, -0.2) is 18.4 Å². The molecule has 0 aromatic heterocycles. The van der Waals surface area contributed by atoms with E-state index in [0.29, 0.717) is 0 Å². The van der Waals surface area contributed by atoms with Crippen molar-refractivity contribution in [3.8, 4) is 0 Å². The summed E-state index contributed by atoms with van der Waals surface area (Å²) in [5, 5.41) is 0. The molecule has 92 valence electrons. The van der Waals surface area contributed by atoms with Crippen molar-refractivity contribution < 1.29 is 17.9 Å². The Kier molecular flexibility index (Phi) is 3.57. The maximum Gasteiger partial charge on any atom is 0.414 e. The lowest BCUT2D eigenvalue weighted by Gasteiger charge is -2.34. The first-order valence-corrected chi connectivity index (χ1v) is 5.96. The van der Waals surface area contributed by atoms with Crippen LogP contribution in [0.2, 0.25) is 0 Å². The van der Waals surface area contributed by atoms with Crippen LogP contribution >= 0.6 is 0 Å². The maximum absolute atomic E-state index is 12.5. The summed E-state index contributed by atoms with van der Waals surface area (Å²) in [5.74, 6) is 0.287. The standard InChI is InChI=1S/C12H17F3O/c13-12(14,15)11-8-4-7-10(16-11)9-5-2-1-3-6-9/h4,7,9-11H,1-3,5-6,8H2/t10-,11+/m0/s1. The van der Waals surface area contributed by atoms with Crippen LogP contribution in [0.5, 0.6) is 0 Å². The predicted molar refractivity (Wildman–Crippen MR) is 55.0 cm³/mol. The van der Waals surface area contributed by atoms with Gasteiger partial charge in [-0.15, -0.1) is 0 Å². The third-order valence-electron chi connectivity index (χ3n) is 3.48. The third-order valence-corrected chi connectivity index (χ3v) is 3.48. The molecule has 2 atom stereocenters. The Bertz CT molecular complexity index is 253. The quantitative estimate of drug-likeness (QED) is 0.626. The van der Waals surface area contributed by atoms with E-state index in [2.05, 4.69) is 0 Å². The minimum atomic E-state index is -4.22. The molecule has 0 aromatic carbocycles. The topological polar surface area (TPSA) is 9.23 Å². The van der Waals surface area contributed by atoms with Gasteiger partial charge in [-0.05, 0) is 18.8 Å². The average molecular weight is 234 g/mol. The van der Waals surface area contributed by atoms with Crippen LogP contribution < -0.4 is 0 Å². The van der Waals surface area contributed by atoms with E-state index in [-0.39, 0.29) is 18.4 Å². The Hall–Kier alpha value is -0.510. The molecule has 1 aliphatic carbocycles. The fourth-order valence-corrected chi connectivity index (χ4v) is 2.57. The van der Waals surface area contributed by atoms with Gasteiger partial charge in [0.1, 0.15) is 0 Å². The molecule has 16 heavy (non-hydrogen) atoms. The van der Waals surface area contributed by atoms with E-state index in [4.69, 9.17) is 4.74 Å². The molecule has 0 aromatic rings. The molecule has 2 aliphatic rings. The van der Waals surface area contributed by atoms with Gasteiger partial charge in [0.25, 0.3) is 0 Å². The molecular formula is C12H17F3O. The average Bonchev–Trinajstić information content (AvgIpc) is 2.29. The Balaban J connectivity index is 1.96. The van der Waals surface area contributed by atoms with Gasteiger partial charge in [-0.3, -0.25) is 0 Å². The molecule has 0 amide bonds. The van der Waals surface area contributed by atoms with Crippen LogP contribution in [0.25, 0.3) is 0 Å². The van der Waals surface area contributed by atoms with Crippen LogP contribution in [0.4, 0.5) is 13.2 Å². The lowest BCUT2D eigenvalue weighted by Crippen LogP contribution is -2.39. The molecule has 0 unspecified atom stereocenters. The van der Waals surface area contributed by atoms with Gasteiger partial charge < -0.3 is 4.74 Å². The first kappa shape index (κ1) is 12.0. The van der Waals surface area contributed by atoms with Gasteiger partial charge in [0.2, 0.25) is 0 Å². The Labute approximate surface area is 93.7 Å². The molecule has 1 saturated carbocycles. The highest BCUT2D eigenvalue weighted by atomic mass is 19.4. The van der Waals surface area contributed by atoms with Crippen molar-refractivity contribution in [3.63, 3.8) is 0 Å². The van der Waals surface area contributed by atoms with E-state index < -0.39 is 12.3 Å². The molecule has 2 rings (SSSR count). The first-order valence-electron chi connectivity index (χ1n) is 5.96. The molecule has 0 saturated heterocycles. The molecule has 1 aliphatic heterocycles. The molecule has 1 nitrogen and oxygen atoms in total. The van der Waals surface area contributed by atoms with Gasteiger partial charge in [0.05, 0.1) is 6.10 Å². The lowest BCUT2D eigenvalue weighted by molar-refractivity contribution is -0.235. The zero-order valence-electron chi connectivity index (χ0n) is 9.17. The Morgan fingerprint density at radius 1 is 1.06 bits per heavy atom. The van der Waals surface area contributed by atoms with Gasteiger partial charge in [-0.1, -0.05) is 31.4 Å². The van der Waals surface area contributed by atoms with Crippen LogP contribution in [-0.2, 0) is 4.74 Å². The third kappa shape index (κ3) is 2.78. The molecule has 4 heteroatoms. The van der Waals surface area contributed by atoms with Crippen molar-refractivity contribution in [2.75, 3.05) is 0 Å². The number of ether oxygens (including phenoxy) is 1. The molecule has 1 heterocycles. The van der Waals surface area contributed by atoms with Crippen molar-refractivity contribution in [2.45, 2.75) is 56.9 Å².